The molecule has 1 aliphatic rings. The highest BCUT2D eigenvalue weighted by molar-refractivity contribution is 7.55. The van der Waals surface area contributed by atoms with Crippen LogP contribution in [-0.4, -0.2) is 6.54 Å². The van der Waals surface area contributed by atoms with Crippen LogP contribution in [-0.2, 0) is 11.0 Å². The number of nitrogens with zero attached hydrogens (tertiary/aromatic N) is 1. The van der Waals surface area contributed by atoms with Crippen LogP contribution < -0.4 is 13.9 Å². The standard InChI is InChI=1S/C27H24NO3P/c29-32(30-24-15-6-2-7-16-24,31-25-17-8-3-9-18-25)27-26-19-11-10-12-22(26)20-21-28(27)23-13-4-1-5-14-23/h1-19,27H,20-21H2. The largest absolute Gasteiger partial charge is 0.457 e. The topological polar surface area (TPSA) is 38.8 Å². The molecule has 0 saturated carbocycles. The van der Waals surface area contributed by atoms with E-state index in [2.05, 4.69) is 11.0 Å². The van der Waals surface area contributed by atoms with Crippen LogP contribution in [0.2, 0.25) is 0 Å². The van der Waals surface area contributed by atoms with Gasteiger partial charge in [-0.1, -0.05) is 78.9 Å². The van der Waals surface area contributed by atoms with Gasteiger partial charge in [0.05, 0.1) is 0 Å². The van der Waals surface area contributed by atoms with E-state index in [1.807, 2.05) is 109 Å². The first kappa shape index (κ1) is 20.4. The first-order valence-corrected chi connectivity index (χ1v) is 12.3. The third-order valence-corrected chi connectivity index (χ3v) is 7.68. The molecule has 0 radical (unpaired) electrons. The van der Waals surface area contributed by atoms with Gasteiger partial charge in [0.2, 0.25) is 0 Å². The molecule has 1 aliphatic heterocycles. The summed E-state index contributed by atoms with van der Waals surface area (Å²) in [6.45, 7) is 0.714. The van der Waals surface area contributed by atoms with Crippen molar-refractivity contribution in [2.75, 3.05) is 11.4 Å². The van der Waals surface area contributed by atoms with Crippen LogP contribution in [0.1, 0.15) is 16.9 Å². The molecule has 0 saturated heterocycles. The Balaban J connectivity index is 1.66. The van der Waals surface area contributed by atoms with E-state index < -0.39 is 13.4 Å². The average Bonchev–Trinajstić information content (AvgIpc) is 2.85. The van der Waals surface area contributed by atoms with E-state index in [9.17, 15) is 4.57 Å². The van der Waals surface area contributed by atoms with E-state index in [-0.39, 0.29) is 0 Å². The maximum Gasteiger partial charge on any atom is 0.457 e. The Bertz CT molecular complexity index is 1170. The molecule has 1 heterocycles. The van der Waals surface area contributed by atoms with Crippen LogP contribution in [0.3, 0.4) is 0 Å². The lowest BCUT2D eigenvalue weighted by Crippen LogP contribution is -2.37. The zero-order valence-electron chi connectivity index (χ0n) is 17.6. The van der Waals surface area contributed by atoms with Crippen molar-refractivity contribution in [2.45, 2.75) is 12.2 Å². The summed E-state index contributed by atoms with van der Waals surface area (Å²) in [6, 6.07) is 36.7. The first-order valence-electron chi connectivity index (χ1n) is 10.7. The van der Waals surface area contributed by atoms with Crippen LogP contribution in [0.4, 0.5) is 5.69 Å². The zero-order chi connectivity index (χ0) is 21.8. The molecule has 0 N–H and O–H groups in total. The minimum Gasteiger partial charge on any atom is -0.414 e. The van der Waals surface area contributed by atoms with E-state index in [0.29, 0.717) is 18.0 Å². The molecule has 0 fully saturated rings. The minimum absolute atomic E-state index is 0.517. The molecule has 32 heavy (non-hydrogen) atoms. The number of rotatable bonds is 6. The van der Waals surface area contributed by atoms with Crippen LogP contribution in [0.5, 0.6) is 11.5 Å². The summed E-state index contributed by atoms with van der Waals surface area (Å²) >= 11 is 0. The third-order valence-electron chi connectivity index (χ3n) is 5.59. The number of hydrogen-bond acceptors (Lipinski definition) is 4. The van der Waals surface area contributed by atoms with Crippen LogP contribution in [0.15, 0.2) is 115 Å². The summed E-state index contributed by atoms with van der Waals surface area (Å²) in [5.41, 5.74) is 3.12. The van der Waals surface area contributed by atoms with Crippen molar-refractivity contribution in [3.63, 3.8) is 0 Å². The predicted molar refractivity (Wildman–Crippen MR) is 128 cm³/mol. The molecule has 0 aromatic heterocycles. The van der Waals surface area contributed by atoms with Gasteiger partial charge in [0.15, 0.2) is 5.78 Å². The molecule has 0 amide bonds. The molecule has 1 atom stereocenters. The van der Waals surface area contributed by atoms with E-state index in [1.165, 1.54) is 5.56 Å². The average molecular weight is 441 g/mol. The highest BCUT2D eigenvalue weighted by atomic mass is 31.2. The third kappa shape index (κ3) is 4.15. The van der Waals surface area contributed by atoms with Gasteiger partial charge in [-0.25, -0.2) is 4.57 Å². The molecule has 0 spiro atoms. The van der Waals surface area contributed by atoms with Gasteiger partial charge in [-0.15, -0.1) is 0 Å². The van der Waals surface area contributed by atoms with Crippen molar-refractivity contribution in [1.82, 2.24) is 0 Å². The zero-order valence-corrected chi connectivity index (χ0v) is 18.5. The highest BCUT2D eigenvalue weighted by Crippen LogP contribution is 2.63. The molecule has 1 unspecified atom stereocenters. The van der Waals surface area contributed by atoms with Gasteiger partial charge in [-0.05, 0) is 53.9 Å². The fourth-order valence-corrected chi connectivity index (χ4v) is 6.40. The number of para-hydroxylation sites is 3. The summed E-state index contributed by atoms with van der Waals surface area (Å²) in [5, 5.41) is 0. The molecule has 4 aromatic rings. The maximum atomic E-state index is 14.8. The van der Waals surface area contributed by atoms with E-state index in [1.54, 1.807) is 0 Å². The summed E-state index contributed by atoms with van der Waals surface area (Å²) < 4.78 is 27.3. The maximum absolute atomic E-state index is 14.8. The van der Waals surface area contributed by atoms with Crippen molar-refractivity contribution in [2.24, 2.45) is 0 Å². The second-order valence-electron chi connectivity index (χ2n) is 7.70. The summed E-state index contributed by atoms with van der Waals surface area (Å²) in [7, 11) is -3.77. The second-order valence-corrected chi connectivity index (χ2v) is 9.63. The monoisotopic (exact) mass is 441 g/mol. The summed E-state index contributed by atoms with van der Waals surface area (Å²) in [5.74, 6) is 0.445. The Morgan fingerprint density at radius 1 is 0.656 bits per heavy atom. The molecule has 0 aliphatic carbocycles. The summed E-state index contributed by atoms with van der Waals surface area (Å²) in [4.78, 5) is 2.15. The Morgan fingerprint density at radius 2 is 1.16 bits per heavy atom. The fraction of sp³-hybridized carbons (Fsp3) is 0.111. The molecular weight excluding hydrogens is 417 g/mol. The molecule has 4 aromatic carbocycles. The fourth-order valence-electron chi connectivity index (χ4n) is 4.15. The lowest BCUT2D eigenvalue weighted by atomic mass is 9.99. The molecule has 5 heteroatoms. The van der Waals surface area contributed by atoms with E-state index in [4.69, 9.17) is 9.05 Å². The Kier molecular flexibility index (Phi) is 5.70. The van der Waals surface area contributed by atoms with E-state index >= 15 is 0 Å². The lowest BCUT2D eigenvalue weighted by molar-refractivity contribution is 0.367. The lowest BCUT2D eigenvalue weighted by Gasteiger charge is -2.41. The quantitative estimate of drug-likeness (QED) is 0.299. The summed E-state index contributed by atoms with van der Waals surface area (Å²) in [6.07, 6.45) is 0.859. The molecule has 5 rings (SSSR count). The van der Waals surface area contributed by atoms with Crippen molar-refractivity contribution >= 4 is 13.3 Å². The molecule has 0 bridgehead atoms. The van der Waals surface area contributed by atoms with Gasteiger partial charge in [0.25, 0.3) is 0 Å². The van der Waals surface area contributed by atoms with Crippen LogP contribution in [0.25, 0.3) is 0 Å². The SMILES string of the molecule is O=P(Oc1ccccc1)(Oc1ccccc1)C1c2ccccc2CCN1c1ccccc1. The highest BCUT2D eigenvalue weighted by Gasteiger charge is 2.47. The van der Waals surface area contributed by atoms with Gasteiger partial charge in [0.1, 0.15) is 11.5 Å². The van der Waals surface area contributed by atoms with Gasteiger partial charge < -0.3 is 13.9 Å². The second kappa shape index (κ2) is 8.94. The number of fused-ring (bicyclic) bond motifs is 1. The van der Waals surface area contributed by atoms with Crippen molar-refractivity contribution in [3.05, 3.63) is 126 Å². The Labute approximate surface area is 188 Å². The van der Waals surface area contributed by atoms with Gasteiger partial charge in [-0.2, -0.15) is 0 Å². The van der Waals surface area contributed by atoms with E-state index in [0.717, 1.165) is 17.7 Å². The van der Waals surface area contributed by atoms with Crippen LogP contribution >= 0.6 is 7.60 Å². The first-order chi connectivity index (χ1) is 15.7. The predicted octanol–water partition coefficient (Wildman–Crippen LogP) is 7.10. The normalized spacial score (nSPS) is 15.6. The smallest absolute Gasteiger partial charge is 0.414 e. The molecular formula is C27H24NO3P. The molecule has 4 nitrogen and oxygen atoms in total. The van der Waals surface area contributed by atoms with Crippen molar-refractivity contribution in [1.29, 1.82) is 0 Å². The van der Waals surface area contributed by atoms with Crippen molar-refractivity contribution < 1.29 is 13.6 Å². The van der Waals surface area contributed by atoms with Gasteiger partial charge in [-0.3, -0.25) is 0 Å². The van der Waals surface area contributed by atoms with Crippen molar-refractivity contribution in [3.8, 4) is 11.5 Å². The van der Waals surface area contributed by atoms with Crippen LogP contribution in [0, 0.1) is 0 Å². The van der Waals surface area contributed by atoms with Gasteiger partial charge >= 0.3 is 7.60 Å². The number of hydrogen-bond donors (Lipinski definition) is 0. The minimum atomic E-state index is -3.77. The number of benzene rings is 4. The Morgan fingerprint density at radius 3 is 1.75 bits per heavy atom. The Hall–Kier alpha value is -3.49. The number of anilines is 1. The molecule has 160 valence electrons. The van der Waals surface area contributed by atoms with Gasteiger partial charge in [0, 0.05) is 12.2 Å².